The molecular weight excluding hydrogens is 284 g/mol. The van der Waals surface area contributed by atoms with Gasteiger partial charge in [-0.3, -0.25) is 4.68 Å². The number of aryl methyl sites for hydroxylation is 3. The Hall–Kier alpha value is -1.03. The fourth-order valence-corrected chi connectivity index (χ4v) is 3.63. The summed E-state index contributed by atoms with van der Waals surface area (Å²) in [5, 5.41) is 4.69. The maximum absolute atomic E-state index is 6.01. The molecule has 0 spiro atoms. The minimum absolute atomic E-state index is 0.0907. The van der Waals surface area contributed by atoms with Crippen molar-refractivity contribution in [3.63, 3.8) is 0 Å². The van der Waals surface area contributed by atoms with Gasteiger partial charge in [-0.05, 0) is 39.0 Å². The Balaban J connectivity index is 2.21. The number of imidazole rings is 1. The molecule has 1 saturated carbocycles. The van der Waals surface area contributed by atoms with Crippen LogP contribution in [-0.2, 0) is 25.4 Å². The quantitative estimate of drug-likeness (QED) is 0.764. The molecular formula is C16H25ClN4. The first kappa shape index (κ1) is 14.9. The lowest BCUT2D eigenvalue weighted by molar-refractivity contribution is 0.301. The minimum Gasteiger partial charge on any atom is -0.307 e. The number of hydrogen-bond donors (Lipinski definition) is 0. The van der Waals surface area contributed by atoms with Crippen molar-refractivity contribution in [2.45, 2.75) is 58.4 Å². The molecule has 116 valence electrons. The molecule has 0 saturated heterocycles. The van der Waals surface area contributed by atoms with Crippen LogP contribution in [0.3, 0.4) is 0 Å². The number of fused-ring (bicyclic) bond motifs is 1. The van der Waals surface area contributed by atoms with Crippen LogP contribution in [0, 0.1) is 5.92 Å². The van der Waals surface area contributed by atoms with Gasteiger partial charge in [0.2, 0.25) is 0 Å². The molecule has 0 amide bonds. The lowest BCUT2D eigenvalue weighted by Crippen LogP contribution is -2.31. The fourth-order valence-electron chi connectivity index (χ4n) is 3.46. The average molecular weight is 309 g/mol. The van der Waals surface area contributed by atoms with Gasteiger partial charge in [0.15, 0.2) is 5.65 Å². The molecule has 3 rings (SSSR count). The zero-order valence-corrected chi connectivity index (χ0v) is 14.2. The molecule has 21 heavy (non-hydrogen) atoms. The number of rotatable bonds is 6. The zero-order valence-electron chi connectivity index (χ0n) is 13.5. The van der Waals surface area contributed by atoms with Gasteiger partial charge in [-0.25, -0.2) is 4.98 Å². The van der Waals surface area contributed by atoms with Gasteiger partial charge in [0, 0.05) is 24.9 Å². The van der Waals surface area contributed by atoms with Crippen LogP contribution in [0.5, 0.6) is 0 Å². The van der Waals surface area contributed by atoms with Crippen molar-refractivity contribution in [1.29, 1.82) is 0 Å². The topological polar surface area (TPSA) is 35.6 Å². The smallest absolute Gasteiger partial charge is 0.159 e. The summed E-state index contributed by atoms with van der Waals surface area (Å²) >= 11 is 6.01. The van der Waals surface area contributed by atoms with Gasteiger partial charge in [-0.15, -0.1) is 11.6 Å². The molecule has 0 radical (unpaired) electrons. The first-order chi connectivity index (χ1) is 10.0. The number of halogens is 1. The van der Waals surface area contributed by atoms with Crippen LogP contribution in [0.2, 0.25) is 0 Å². The van der Waals surface area contributed by atoms with E-state index in [2.05, 4.69) is 25.3 Å². The van der Waals surface area contributed by atoms with E-state index < -0.39 is 0 Å². The second-order valence-corrected chi connectivity index (χ2v) is 7.10. The Morgan fingerprint density at radius 2 is 2.00 bits per heavy atom. The number of nitrogens with zero attached hydrogens (tertiary/aromatic N) is 4. The van der Waals surface area contributed by atoms with Gasteiger partial charge in [-0.2, -0.15) is 5.10 Å². The summed E-state index contributed by atoms with van der Waals surface area (Å²) in [6, 6.07) is 0. The van der Waals surface area contributed by atoms with E-state index in [1.165, 1.54) is 12.8 Å². The summed E-state index contributed by atoms with van der Waals surface area (Å²) in [5.41, 5.74) is 3.45. The van der Waals surface area contributed by atoms with Crippen LogP contribution in [0.25, 0.3) is 11.2 Å². The van der Waals surface area contributed by atoms with Gasteiger partial charge >= 0.3 is 0 Å². The summed E-state index contributed by atoms with van der Waals surface area (Å²) in [7, 11) is 2.03. The third-order valence-corrected chi connectivity index (χ3v) is 4.92. The predicted octanol–water partition coefficient (Wildman–Crippen LogP) is 3.65. The molecule has 2 aromatic rings. The lowest BCUT2D eigenvalue weighted by Gasteiger charge is -2.29. The first-order valence-electron chi connectivity index (χ1n) is 8.00. The molecule has 1 aliphatic rings. The molecule has 0 unspecified atom stereocenters. The Kier molecular flexibility index (Phi) is 3.76. The van der Waals surface area contributed by atoms with Crippen molar-refractivity contribution in [3.8, 4) is 0 Å². The lowest BCUT2D eigenvalue weighted by atomic mass is 9.98. The van der Waals surface area contributed by atoms with Crippen molar-refractivity contribution < 1.29 is 0 Å². The van der Waals surface area contributed by atoms with E-state index in [0.717, 1.165) is 47.9 Å². The first-order valence-corrected chi connectivity index (χ1v) is 8.53. The van der Waals surface area contributed by atoms with Crippen LogP contribution in [-0.4, -0.2) is 25.2 Å². The Bertz CT molecular complexity index is 649. The monoisotopic (exact) mass is 308 g/mol. The maximum atomic E-state index is 6.01. The van der Waals surface area contributed by atoms with Gasteiger partial charge < -0.3 is 4.57 Å². The van der Waals surface area contributed by atoms with E-state index in [4.69, 9.17) is 21.7 Å². The van der Waals surface area contributed by atoms with Crippen LogP contribution < -0.4 is 0 Å². The second kappa shape index (κ2) is 5.31. The average Bonchev–Trinajstić information content (AvgIpc) is 3.15. The molecule has 2 aromatic heterocycles. The molecule has 0 aromatic carbocycles. The van der Waals surface area contributed by atoms with Crippen LogP contribution in [0.1, 0.15) is 51.6 Å². The number of hydrogen-bond acceptors (Lipinski definition) is 2. The summed E-state index contributed by atoms with van der Waals surface area (Å²) in [6.45, 7) is 6.84. The molecule has 0 N–H and O–H groups in total. The normalized spacial score (nSPS) is 16.0. The Morgan fingerprint density at radius 3 is 2.57 bits per heavy atom. The van der Waals surface area contributed by atoms with Crippen LogP contribution >= 0.6 is 11.6 Å². The summed E-state index contributed by atoms with van der Waals surface area (Å²) < 4.78 is 4.42. The van der Waals surface area contributed by atoms with Crippen LogP contribution in [0.4, 0.5) is 0 Å². The van der Waals surface area contributed by atoms with E-state index in [-0.39, 0.29) is 5.54 Å². The number of alkyl halides is 1. The van der Waals surface area contributed by atoms with Crippen LogP contribution in [0.15, 0.2) is 0 Å². The molecule has 2 heterocycles. The van der Waals surface area contributed by atoms with Crippen molar-refractivity contribution in [2.24, 2.45) is 13.0 Å². The molecule has 0 bridgehead atoms. The van der Waals surface area contributed by atoms with E-state index in [0.29, 0.717) is 5.88 Å². The molecule has 1 aliphatic carbocycles. The highest BCUT2D eigenvalue weighted by molar-refractivity contribution is 6.17. The summed E-state index contributed by atoms with van der Waals surface area (Å²) in [4.78, 5) is 4.91. The van der Waals surface area contributed by atoms with E-state index in [1.54, 1.807) is 0 Å². The predicted molar refractivity (Wildman–Crippen MR) is 87.0 cm³/mol. The maximum Gasteiger partial charge on any atom is 0.159 e. The Morgan fingerprint density at radius 1 is 1.29 bits per heavy atom. The highest BCUT2D eigenvalue weighted by Crippen LogP contribution is 2.45. The fraction of sp³-hybridized carbons (Fsp3) is 0.750. The van der Waals surface area contributed by atoms with Crippen molar-refractivity contribution in [3.05, 3.63) is 11.5 Å². The third kappa shape index (κ3) is 2.37. The number of aromatic nitrogens is 4. The van der Waals surface area contributed by atoms with Crippen molar-refractivity contribution in [2.75, 3.05) is 5.88 Å². The second-order valence-electron chi connectivity index (χ2n) is 6.72. The van der Waals surface area contributed by atoms with Gasteiger partial charge in [-0.1, -0.05) is 13.3 Å². The highest BCUT2D eigenvalue weighted by Gasteiger charge is 2.42. The summed E-state index contributed by atoms with van der Waals surface area (Å²) in [6.07, 6.45) is 5.52. The minimum atomic E-state index is 0.0907. The molecule has 0 atom stereocenters. The van der Waals surface area contributed by atoms with Gasteiger partial charge in [0.1, 0.15) is 11.3 Å². The summed E-state index contributed by atoms with van der Waals surface area (Å²) in [5.74, 6) is 2.47. The molecule has 1 fully saturated rings. The van der Waals surface area contributed by atoms with Crippen molar-refractivity contribution in [1.82, 2.24) is 19.3 Å². The van der Waals surface area contributed by atoms with Gasteiger partial charge in [0.05, 0.1) is 5.69 Å². The standard InChI is InChI=1S/C16H25ClN4/c1-5-6-12-14-15(20(4)19-12)21(13(18-14)9-10-17)16(2,3)11-7-8-11/h11H,5-10H2,1-4H3. The van der Waals surface area contributed by atoms with E-state index >= 15 is 0 Å². The SMILES string of the molecule is CCCc1nn(C)c2c1nc(CCCl)n2C(C)(C)C1CC1. The molecule has 4 nitrogen and oxygen atoms in total. The van der Waals surface area contributed by atoms with Crippen molar-refractivity contribution >= 4 is 22.8 Å². The van der Waals surface area contributed by atoms with E-state index in [9.17, 15) is 0 Å². The third-order valence-electron chi connectivity index (χ3n) is 4.73. The van der Waals surface area contributed by atoms with E-state index in [1.807, 2.05) is 11.7 Å². The highest BCUT2D eigenvalue weighted by atomic mass is 35.5. The largest absolute Gasteiger partial charge is 0.307 e. The Labute approximate surface area is 131 Å². The zero-order chi connectivity index (χ0) is 15.2. The molecule has 5 heteroatoms. The molecule has 0 aliphatic heterocycles. The van der Waals surface area contributed by atoms with Gasteiger partial charge in [0.25, 0.3) is 0 Å².